The third-order valence-corrected chi connectivity index (χ3v) is 11.3. The lowest BCUT2D eigenvalue weighted by atomic mass is 9.45. The Morgan fingerprint density at radius 1 is 1.03 bits per heavy atom. The van der Waals surface area contributed by atoms with Gasteiger partial charge in [0.05, 0.1) is 6.61 Å². The maximum Gasteiger partial charge on any atom is 0.165 e. The molecule has 2 saturated heterocycles. The molecule has 2 saturated carbocycles. The standard InChI is InChI=1S/C32H39NO3/c34-26-13-12-23-17-25-24-18-31(14-5-4-9-21-7-2-1-3-8-21)20-35-29(31)30-32(24,27(23)28(26)36-30)15-16-33(25)19-22-10-6-11-22/h1-3,7-8,12-13,22,24-25,29-30,34H,4-6,9-11,14-20H2/t24?,25?,29-,30?,31-,32?/m1/s1. The molecule has 2 bridgehead atoms. The van der Waals surface area contributed by atoms with Crippen molar-refractivity contribution in [3.05, 3.63) is 59.2 Å². The first kappa shape index (κ1) is 22.0. The highest BCUT2D eigenvalue weighted by Crippen LogP contribution is 2.69. The third-order valence-electron chi connectivity index (χ3n) is 11.3. The molecule has 6 aliphatic rings. The minimum atomic E-state index is 0.0288. The van der Waals surface area contributed by atoms with Gasteiger partial charge >= 0.3 is 0 Å². The predicted octanol–water partition coefficient (Wildman–Crippen LogP) is 5.64. The second-order valence-electron chi connectivity index (χ2n) is 12.9. The normalized spacial score (nSPS) is 37.9. The van der Waals surface area contributed by atoms with Crippen molar-refractivity contribution in [1.29, 1.82) is 0 Å². The van der Waals surface area contributed by atoms with Gasteiger partial charge in [-0.3, -0.25) is 4.90 Å². The van der Waals surface area contributed by atoms with E-state index in [4.69, 9.17) is 9.47 Å². The second-order valence-corrected chi connectivity index (χ2v) is 12.9. The highest BCUT2D eigenvalue weighted by atomic mass is 16.6. The average molecular weight is 486 g/mol. The molecule has 8 rings (SSSR count). The van der Waals surface area contributed by atoms with E-state index in [9.17, 15) is 5.11 Å². The summed E-state index contributed by atoms with van der Waals surface area (Å²) in [7, 11) is 0. The molecule has 4 fully saturated rings. The van der Waals surface area contributed by atoms with Gasteiger partial charge in [0.2, 0.25) is 0 Å². The molecule has 4 heteroatoms. The van der Waals surface area contributed by atoms with Crippen LogP contribution in [0, 0.1) is 17.3 Å². The number of likely N-dealkylation sites (tertiary alicyclic amines) is 1. The van der Waals surface area contributed by atoms with E-state index in [2.05, 4.69) is 41.3 Å². The third kappa shape index (κ3) is 2.95. The molecule has 4 nitrogen and oxygen atoms in total. The molecule has 6 atom stereocenters. The van der Waals surface area contributed by atoms with Gasteiger partial charge in [0.25, 0.3) is 0 Å². The Hall–Kier alpha value is -2.04. The van der Waals surface area contributed by atoms with Crippen LogP contribution in [0.4, 0.5) is 0 Å². The van der Waals surface area contributed by atoms with Gasteiger partial charge in [0.15, 0.2) is 11.5 Å². The summed E-state index contributed by atoms with van der Waals surface area (Å²) in [5.74, 6) is 2.64. The van der Waals surface area contributed by atoms with E-state index >= 15 is 0 Å². The van der Waals surface area contributed by atoms with Crippen molar-refractivity contribution >= 4 is 0 Å². The quantitative estimate of drug-likeness (QED) is 0.516. The van der Waals surface area contributed by atoms with Gasteiger partial charge in [-0.05, 0) is 86.9 Å². The molecule has 0 amide bonds. The fraction of sp³-hybridized carbons (Fsp3) is 0.625. The van der Waals surface area contributed by atoms with Gasteiger partial charge in [-0.25, -0.2) is 0 Å². The Kier molecular flexibility index (Phi) is 4.87. The van der Waals surface area contributed by atoms with Gasteiger partial charge in [-0.1, -0.05) is 49.2 Å². The monoisotopic (exact) mass is 485 g/mol. The summed E-state index contributed by atoms with van der Waals surface area (Å²) in [5, 5.41) is 10.9. The van der Waals surface area contributed by atoms with Crippen molar-refractivity contribution < 1.29 is 14.6 Å². The Balaban J connectivity index is 1.10. The molecule has 0 aromatic heterocycles. The lowest BCUT2D eigenvalue weighted by Gasteiger charge is -2.67. The van der Waals surface area contributed by atoms with Crippen LogP contribution in [0.5, 0.6) is 11.5 Å². The maximum absolute atomic E-state index is 10.9. The zero-order chi connectivity index (χ0) is 23.9. The number of unbranched alkanes of at least 4 members (excludes halogenated alkanes) is 1. The molecule has 3 aliphatic carbocycles. The van der Waals surface area contributed by atoms with Crippen LogP contribution in [0.1, 0.15) is 68.1 Å². The largest absolute Gasteiger partial charge is 0.504 e. The van der Waals surface area contributed by atoms with Crippen LogP contribution in [0.25, 0.3) is 0 Å². The number of rotatable bonds is 7. The number of nitrogens with zero attached hydrogens (tertiary/aromatic N) is 1. The molecule has 4 unspecified atom stereocenters. The SMILES string of the molecule is Oc1ccc2c3c1OC1[C@H]4OC[C@@]4(CCCCc4ccccc4)CC4C(C2)N(CC2CCC2)CCC341. The molecule has 1 spiro atoms. The Bertz CT molecular complexity index is 1160. The summed E-state index contributed by atoms with van der Waals surface area (Å²) in [6, 6.07) is 15.6. The Morgan fingerprint density at radius 2 is 1.92 bits per heavy atom. The van der Waals surface area contributed by atoms with E-state index in [-0.39, 0.29) is 23.0 Å². The maximum atomic E-state index is 10.9. The molecule has 3 heterocycles. The minimum absolute atomic E-state index is 0.0288. The highest BCUT2D eigenvalue weighted by molar-refractivity contribution is 5.61. The first-order valence-corrected chi connectivity index (χ1v) is 14.6. The van der Waals surface area contributed by atoms with Crippen LogP contribution in [0.2, 0.25) is 0 Å². The molecule has 2 aromatic carbocycles. The molecular formula is C32H39NO3. The van der Waals surface area contributed by atoms with Gasteiger partial charge in [-0.15, -0.1) is 0 Å². The number of hydrogen-bond acceptors (Lipinski definition) is 4. The van der Waals surface area contributed by atoms with E-state index in [0.29, 0.717) is 17.7 Å². The molecule has 190 valence electrons. The highest BCUT2D eigenvalue weighted by Gasteiger charge is 2.73. The van der Waals surface area contributed by atoms with Gasteiger partial charge in [0, 0.05) is 29.0 Å². The van der Waals surface area contributed by atoms with Crippen molar-refractivity contribution in [3.63, 3.8) is 0 Å². The molecular weight excluding hydrogens is 446 g/mol. The number of piperidine rings is 1. The van der Waals surface area contributed by atoms with E-state index < -0.39 is 0 Å². The number of fused-ring (bicyclic) bond motifs is 2. The lowest BCUT2D eigenvalue weighted by Crippen LogP contribution is -2.75. The van der Waals surface area contributed by atoms with Crippen LogP contribution in [-0.2, 0) is 23.0 Å². The number of benzene rings is 2. The van der Waals surface area contributed by atoms with Crippen molar-refractivity contribution in [3.8, 4) is 11.5 Å². The van der Waals surface area contributed by atoms with Gasteiger partial charge in [0.1, 0.15) is 12.2 Å². The van der Waals surface area contributed by atoms with Crippen LogP contribution in [-0.4, -0.2) is 48.0 Å². The molecule has 1 N–H and O–H groups in total. The van der Waals surface area contributed by atoms with Crippen molar-refractivity contribution in [2.24, 2.45) is 17.3 Å². The summed E-state index contributed by atoms with van der Waals surface area (Å²) in [5.41, 5.74) is 4.51. The van der Waals surface area contributed by atoms with Crippen LogP contribution >= 0.6 is 0 Å². The summed E-state index contributed by atoms with van der Waals surface area (Å²) in [4.78, 5) is 2.88. The van der Waals surface area contributed by atoms with E-state index in [1.165, 1.54) is 74.7 Å². The summed E-state index contributed by atoms with van der Waals surface area (Å²) in [6.07, 6.45) is 12.9. The number of phenols is 1. The summed E-state index contributed by atoms with van der Waals surface area (Å²) in [6.45, 7) is 3.34. The Morgan fingerprint density at radius 3 is 2.69 bits per heavy atom. The number of hydrogen-bond donors (Lipinski definition) is 1. The zero-order valence-corrected chi connectivity index (χ0v) is 21.3. The van der Waals surface area contributed by atoms with Crippen molar-refractivity contribution in [2.45, 2.75) is 87.9 Å². The summed E-state index contributed by atoms with van der Waals surface area (Å²) < 4.78 is 13.2. The van der Waals surface area contributed by atoms with E-state index in [1.807, 2.05) is 6.07 Å². The summed E-state index contributed by atoms with van der Waals surface area (Å²) >= 11 is 0. The predicted molar refractivity (Wildman–Crippen MR) is 140 cm³/mol. The number of aromatic hydroxyl groups is 1. The minimum Gasteiger partial charge on any atom is -0.504 e. The van der Waals surface area contributed by atoms with Gasteiger partial charge < -0.3 is 14.6 Å². The fourth-order valence-corrected chi connectivity index (χ4v) is 9.31. The Labute approximate surface area is 215 Å². The van der Waals surface area contributed by atoms with Crippen molar-refractivity contribution in [1.82, 2.24) is 4.90 Å². The van der Waals surface area contributed by atoms with Crippen LogP contribution in [0.3, 0.4) is 0 Å². The van der Waals surface area contributed by atoms with Crippen LogP contribution in [0.15, 0.2) is 42.5 Å². The van der Waals surface area contributed by atoms with Crippen molar-refractivity contribution in [2.75, 3.05) is 19.7 Å². The molecule has 2 aromatic rings. The smallest absolute Gasteiger partial charge is 0.165 e. The topological polar surface area (TPSA) is 41.9 Å². The average Bonchev–Trinajstić information content (AvgIpc) is 3.18. The molecule has 0 radical (unpaired) electrons. The molecule has 3 aliphatic heterocycles. The fourth-order valence-electron chi connectivity index (χ4n) is 9.31. The number of phenolic OH excluding ortho intramolecular Hbond substituents is 1. The molecule has 36 heavy (non-hydrogen) atoms. The second kappa shape index (κ2) is 7.98. The lowest BCUT2D eigenvalue weighted by molar-refractivity contribution is -0.280. The zero-order valence-electron chi connectivity index (χ0n) is 21.3. The first-order chi connectivity index (χ1) is 17.7. The van der Waals surface area contributed by atoms with Crippen LogP contribution < -0.4 is 4.74 Å². The number of ether oxygens (including phenoxy) is 2. The van der Waals surface area contributed by atoms with E-state index in [0.717, 1.165) is 37.5 Å². The number of aryl methyl sites for hydroxylation is 1. The van der Waals surface area contributed by atoms with E-state index in [1.54, 1.807) is 0 Å². The first-order valence-electron chi connectivity index (χ1n) is 14.6. The van der Waals surface area contributed by atoms with Gasteiger partial charge in [-0.2, -0.15) is 0 Å².